The van der Waals surface area contributed by atoms with E-state index in [0.717, 1.165) is 54.7 Å². The van der Waals surface area contributed by atoms with Gasteiger partial charge < -0.3 is 20.1 Å². The molecule has 6 rings (SSSR count). The first-order valence-electron chi connectivity index (χ1n) is 17.8. The number of amides is 2. The highest BCUT2D eigenvalue weighted by Crippen LogP contribution is 2.38. The topological polar surface area (TPSA) is 137 Å². The Bertz CT molecular complexity index is 1580. The summed E-state index contributed by atoms with van der Waals surface area (Å²) in [4.78, 5) is 32.3. The number of nitrogens with zero attached hydrogens (tertiary/aromatic N) is 5. The van der Waals surface area contributed by atoms with Gasteiger partial charge in [-0.2, -0.15) is 9.40 Å². The predicted molar refractivity (Wildman–Crippen MR) is 188 cm³/mol. The molecule has 1 atom stereocenters. The Morgan fingerprint density at radius 3 is 2.27 bits per heavy atom. The predicted octanol–water partition coefficient (Wildman–Crippen LogP) is 3.48. The zero-order valence-electron chi connectivity index (χ0n) is 29.2. The fourth-order valence-corrected chi connectivity index (χ4v) is 9.51. The van der Waals surface area contributed by atoms with Crippen LogP contribution in [0.4, 0.5) is 0 Å². The number of aryl methyl sites for hydroxylation is 1. The number of morpholine rings is 1. The van der Waals surface area contributed by atoms with Crippen LogP contribution in [0.2, 0.25) is 0 Å². The summed E-state index contributed by atoms with van der Waals surface area (Å²) in [5, 5.41) is 19.1. The van der Waals surface area contributed by atoms with Gasteiger partial charge in [-0.1, -0.05) is 32.6 Å². The second kappa shape index (κ2) is 15.4. The largest absolute Gasteiger partial charge is 0.390 e. The molecule has 49 heavy (non-hydrogen) atoms. The number of likely N-dealkylation sites (tertiary alicyclic amines) is 1. The van der Waals surface area contributed by atoms with Crippen molar-refractivity contribution in [3.05, 3.63) is 41.2 Å². The Morgan fingerprint density at radius 2 is 1.63 bits per heavy atom. The number of aromatic nitrogens is 2. The number of benzene rings is 1. The summed E-state index contributed by atoms with van der Waals surface area (Å²) in [6.07, 6.45) is 7.52. The van der Waals surface area contributed by atoms with Gasteiger partial charge in [0, 0.05) is 56.9 Å². The lowest BCUT2D eigenvalue weighted by molar-refractivity contribution is -0.163. The number of piperazine rings is 1. The van der Waals surface area contributed by atoms with Crippen molar-refractivity contribution in [1.82, 2.24) is 29.2 Å². The molecule has 2 aromatic rings. The molecule has 1 aromatic heterocycles. The number of ether oxygens (including phenoxy) is 1. The molecule has 4 aliphatic rings. The highest BCUT2D eigenvalue weighted by Gasteiger charge is 2.54. The lowest BCUT2D eigenvalue weighted by Gasteiger charge is -2.52. The van der Waals surface area contributed by atoms with E-state index in [1.54, 1.807) is 24.3 Å². The summed E-state index contributed by atoms with van der Waals surface area (Å²) in [6, 6.07) is 6.20. The van der Waals surface area contributed by atoms with E-state index >= 15 is 0 Å². The van der Waals surface area contributed by atoms with Gasteiger partial charge in [0.05, 0.1) is 35.1 Å². The molecule has 12 nitrogen and oxygen atoms in total. The summed E-state index contributed by atoms with van der Waals surface area (Å²) in [7, 11) is -3.58. The normalized spacial score (nSPS) is 23.3. The zero-order chi connectivity index (χ0) is 34.1. The van der Waals surface area contributed by atoms with Gasteiger partial charge in [0.2, 0.25) is 21.8 Å². The van der Waals surface area contributed by atoms with Gasteiger partial charge in [-0.3, -0.25) is 14.5 Å². The first kappa shape index (κ1) is 37.7. The van der Waals surface area contributed by atoms with E-state index in [2.05, 4.69) is 17.1 Å². The van der Waals surface area contributed by atoms with Crippen LogP contribution >= 0.6 is 12.4 Å². The van der Waals surface area contributed by atoms with E-state index in [0.29, 0.717) is 78.2 Å². The van der Waals surface area contributed by atoms with Crippen molar-refractivity contribution in [2.24, 2.45) is 0 Å². The van der Waals surface area contributed by atoms with Crippen LogP contribution in [0.1, 0.15) is 88.1 Å². The number of hydrogen-bond acceptors (Lipinski definition) is 8. The zero-order valence-corrected chi connectivity index (χ0v) is 30.8. The minimum Gasteiger partial charge on any atom is -0.390 e. The van der Waals surface area contributed by atoms with Crippen molar-refractivity contribution in [2.45, 2.75) is 114 Å². The van der Waals surface area contributed by atoms with Crippen molar-refractivity contribution in [1.29, 1.82) is 0 Å². The number of aliphatic hydroxyl groups is 1. The molecule has 1 aromatic carbocycles. The Kier molecular flexibility index (Phi) is 11.8. The Labute approximate surface area is 297 Å². The summed E-state index contributed by atoms with van der Waals surface area (Å²) >= 11 is 0. The smallest absolute Gasteiger partial charge is 0.246 e. The number of sulfonamides is 1. The summed E-state index contributed by atoms with van der Waals surface area (Å²) in [6.45, 7) is 10.2. The fourth-order valence-electron chi connectivity index (χ4n) is 8.10. The molecule has 0 radical (unpaired) electrons. The number of carbonyl (C=O) groups is 2. The molecule has 14 heteroatoms. The van der Waals surface area contributed by atoms with Gasteiger partial charge in [-0.05, 0) is 70.2 Å². The highest BCUT2D eigenvalue weighted by atomic mass is 35.5. The molecule has 3 aliphatic heterocycles. The van der Waals surface area contributed by atoms with Crippen LogP contribution in [-0.2, 0) is 30.9 Å². The second-order valence-electron chi connectivity index (χ2n) is 14.2. The molecule has 2 N–H and O–H groups in total. The third-order valence-electron chi connectivity index (χ3n) is 11.1. The molecule has 2 amide bonds. The molecule has 3 saturated heterocycles. The van der Waals surface area contributed by atoms with Crippen molar-refractivity contribution in [3.8, 4) is 5.69 Å². The van der Waals surface area contributed by atoms with E-state index in [1.807, 2.05) is 23.4 Å². The molecular weight excluding hydrogens is 668 g/mol. The molecule has 0 unspecified atom stereocenters. The third kappa shape index (κ3) is 7.57. The molecule has 4 fully saturated rings. The number of carbonyl (C=O) groups excluding carboxylic acids is 2. The first-order chi connectivity index (χ1) is 23.0. The Balaban J connectivity index is 0.00000468. The van der Waals surface area contributed by atoms with Crippen LogP contribution < -0.4 is 5.32 Å². The molecule has 272 valence electrons. The maximum Gasteiger partial charge on any atom is 0.246 e. The minimum absolute atomic E-state index is 0. The van der Waals surface area contributed by atoms with Gasteiger partial charge in [0.25, 0.3) is 0 Å². The molecule has 1 spiro atoms. The summed E-state index contributed by atoms with van der Waals surface area (Å²) in [5.74, 6) is -0.131. The molecule has 0 bridgehead atoms. The highest BCUT2D eigenvalue weighted by molar-refractivity contribution is 7.89. The molecule has 1 saturated carbocycles. The van der Waals surface area contributed by atoms with Gasteiger partial charge in [0.1, 0.15) is 11.6 Å². The second-order valence-corrected chi connectivity index (χ2v) is 16.2. The van der Waals surface area contributed by atoms with Crippen LogP contribution in [-0.4, -0.2) is 112 Å². The summed E-state index contributed by atoms with van der Waals surface area (Å²) in [5.41, 5.74) is 2.01. The van der Waals surface area contributed by atoms with Crippen molar-refractivity contribution < 1.29 is 27.9 Å². The first-order valence-corrected chi connectivity index (χ1v) is 19.2. The van der Waals surface area contributed by atoms with E-state index in [1.165, 1.54) is 4.31 Å². The summed E-state index contributed by atoms with van der Waals surface area (Å²) < 4.78 is 34.8. The van der Waals surface area contributed by atoms with Crippen LogP contribution in [0, 0.1) is 13.8 Å². The maximum atomic E-state index is 14.0. The van der Waals surface area contributed by atoms with Crippen molar-refractivity contribution in [3.63, 3.8) is 0 Å². The fraction of sp³-hybridized carbons (Fsp3) is 0.686. The van der Waals surface area contributed by atoms with Gasteiger partial charge in [-0.25, -0.2) is 13.1 Å². The molecular formula is C35H53ClN6O6S. The number of halogens is 1. The van der Waals surface area contributed by atoms with Gasteiger partial charge >= 0.3 is 0 Å². The van der Waals surface area contributed by atoms with E-state index in [9.17, 15) is 23.1 Å². The van der Waals surface area contributed by atoms with Crippen LogP contribution in [0.15, 0.2) is 29.2 Å². The Hall–Kier alpha value is -2.55. The third-order valence-corrected chi connectivity index (χ3v) is 13.0. The van der Waals surface area contributed by atoms with Gasteiger partial charge in [0.15, 0.2) is 0 Å². The van der Waals surface area contributed by atoms with E-state index in [4.69, 9.17) is 9.84 Å². The van der Waals surface area contributed by atoms with Crippen molar-refractivity contribution in [2.75, 3.05) is 45.9 Å². The van der Waals surface area contributed by atoms with Gasteiger partial charge in [-0.15, -0.1) is 12.4 Å². The van der Waals surface area contributed by atoms with Crippen LogP contribution in [0.3, 0.4) is 0 Å². The van der Waals surface area contributed by atoms with Crippen LogP contribution in [0.25, 0.3) is 5.69 Å². The lowest BCUT2D eigenvalue weighted by atomic mass is 9.77. The maximum absolute atomic E-state index is 14.0. The Morgan fingerprint density at radius 1 is 0.980 bits per heavy atom. The monoisotopic (exact) mass is 720 g/mol. The number of unbranched alkanes of at least 4 members (excludes halogenated alkanes) is 1. The molecule has 1 aliphatic carbocycles. The lowest BCUT2D eigenvalue weighted by Crippen LogP contribution is -2.73. The van der Waals surface area contributed by atoms with Crippen LogP contribution in [0.5, 0.6) is 0 Å². The number of rotatable bonds is 10. The number of piperidine rings is 1. The quantitative estimate of drug-likeness (QED) is 0.381. The standard InChI is InChI=1S/C35H52N6O6S.ClH/c1-4-5-17-40-32(42)31(24-34(44)13-7-6-8-14-34)36-33(43)35(40)15-18-38(19-16-35)25-30-26(2)37-41(27(30)3)28-9-11-29(12-10-28)48(45,46)39-20-22-47-23-21-39;/h9-12,31,44H,4-8,13-25H2,1-3H3,(H,36,43);1H/t31-;/m1./s1. The minimum atomic E-state index is -3.58. The van der Waals surface area contributed by atoms with Crippen molar-refractivity contribution >= 4 is 34.2 Å². The number of nitrogens with one attached hydrogen (secondary N) is 1. The molecule has 4 heterocycles. The van der Waals surface area contributed by atoms with E-state index < -0.39 is 27.2 Å². The SMILES string of the molecule is CCCCN1C(=O)[C@@H](CC2(O)CCCCC2)NC(=O)C12CCN(Cc1c(C)nn(-c3ccc(S(=O)(=O)N4CCOCC4)cc3)c1C)CC2.Cl. The average Bonchev–Trinajstić information content (AvgIpc) is 3.37. The van der Waals surface area contributed by atoms with E-state index in [-0.39, 0.29) is 35.5 Å². The number of hydrogen-bond donors (Lipinski definition) is 2. The average molecular weight is 721 g/mol.